The Morgan fingerprint density at radius 3 is 2.50 bits per heavy atom. The van der Waals surface area contributed by atoms with Gasteiger partial charge in [-0.25, -0.2) is 17.2 Å². The largest absolute Gasteiger partial charge is 0.416 e. The van der Waals surface area contributed by atoms with Gasteiger partial charge in [0.25, 0.3) is 11.8 Å². The fourth-order valence-electron chi connectivity index (χ4n) is 4.48. The average Bonchev–Trinajstić information content (AvgIpc) is 3.17. The number of sulfone groups is 1. The van der Waals surface area contributed by atoms with Crippen molar-refractivity contribution < 1.29 is 40.0 Å². The minimum absolute atomic E-state index is 0.00616. The SMILES string of the molecule is O=C(Nc1cc2c(c3c1C(c1cc(F)ccc1Cl)NC3=O)NCCS2(=O)=O)c1cc(F)cc(C(F)(F)F)c1. The number of hydrogen-bond donors (Lipinski definition) is 3. The number of nitrogens with one attached hydrogen (secondary N) is 3. The monoisotopic (exact) mass is 571 g/mol. The van der Waals surface area contributed by atoms with E-state index >= 15 is 0 Å². The van der Waals surface area contributed by atoms with E-state index in [1.807, 2.05) is 0 Å². The topological polar surface area (TPSA) is 104 Å². The summed E-state index contributed by atoms with van der Waals surface area (Å²) >= 11 is 6.25. The summed E-state index contributed by atoms with van der Waals surface area (Å²) in [5, 5.41) is 7.80. The summed E-state index contributed by atoms with van der Waals surface area (Å²) < 4.78 is 93.2. The molecule has 3 aromatic rings. The Hall–Kier alpha value is -3.71. The molecule has 14 heteroatoms. The van der Waals surface area contributed by atoms with Crippen LogP contribution >= 0.6 is 11.6 Å². The lowest BCUT2D eigenvalue weighted by atomic mass is 9.94. The predicted molar refractivity (Wildman–Crippen MR) is 127 cm³/mol. The molecule has 1 unspecified atom stereocenters. The molecule has 0 aliphatic carbocycles. The predicted octanol–water partition coefficient (Wildman–Crippen LogP) is 4.92. The number of carbonyl (C=O) groups is 2. The van der Waals surface area contributed by atoms with Gasteiger partial charge in [-0.2, -0.15) is 13.2 Å². The van der Waals surface area contributed by atoms with Crippen molar-refractivity contribution in [1.29, 1.82) is 0 Å². The third kappa shape index (κ3) is 4.45. The van der Waals surface area contributed by atoms with E-state index in [0.29, 0.717) is 12.1 Å². The smallest absolute Gasteiger partial charge is 0.382 e. The van der Waals surface area contributed by atoms with Crippen LogP contribution in [0.4, 0.5) is 33.3 Å². The Balaban J connectivity index is 1.70. The zero-order chi connectivity index (χ0) is 27.6. The molecule has 7 nitrogen and oxygen atoms in total. The van der Waals surface area contributed by atoms with Crippen molar-refractivity contribution in [2.75, 3.05) is 22.9 Å². The van der Waals surface area contributed by atoms with E-state index in [9.17, 15) is 40.0 Å². The lowest BCUT2D eigenvalue weighted by Crippen LogP contribution is -2.26. The van der Waals surface area contributed by atoms with Crippen molar-refractivity contribution >= 4 is 44.6 Å². The van der Waals surface area contributed by atoms with Gasteiger partial charge < -0.3 is 16.0 Å². The van der Waals surface area contributed by atoms with E-state index in [4.69, 9.17) is 11.6 Å². The van der Waals surface area contributed by atoms with Gasteiger partial charge in [0.05, 0.1) is 33.5 Å². The molecule has 38 heavy (non-hydrogen) atoms. The number of hydrogen-bond acceptors (Lipinski definition) is 5. The van der Waals surface area contributed by atoms with Gasteiger partial charge in [-0.15, -0.1) is 0 Å². The van der Waals surface area contributed by atoms with Crippen molar-refractivity contribution in [2.24, 2.45) is 0 Å². The summed E-state index contributed by atoms with van der Waals surface area (Å²) in [5.41, 5.74) is -2.50. The Morgan fingerprint density at radius 1 is 1.05 bits per heavy atom. The number of fused-ring (bicyclic) bond motifs is 3. The van der Waals surface area contributed by atoms with Crippen LogP contribution in [0.5, 0.6) is 0 Å². The van der Waals surface area contributed by atoms with Crippen LogP contribution in [0.15, 0.2) is 47.4 Å². The Morgan fingerprint density at radius 2 is 1.79 bits per heavy atom. The quantitative estimate of drug-likeness (QED) is 0.387. The molecule has 0 saturated carbocycles. The second-order valence-electron chi connectivity index (χ2n) is 8.58. The number of anilines is 2. The van der Waals surface area contributed by atoms with Gasteiger partial charge in [-0.1, -0.05) is 11.6 Å². The van der Waals surface area contributed by atoms with Gasteiger partial charge in [0.15, 0.2) is 9.84 Å². The van der Waals surface area contributed by atoms with E-state index in [2.05, 4.69) is 16.0 Å². The van der Waals surface area contributed by atoms with E-state index < -0.39 is 56.6 Å². The standard InChI is InChI=1S/C24H15ClF5N3O4S/c25-15-2-1-12(26)8-14(15)20-18-16(32-22(34)10-5-11(24(28,29)30)7-13(27)6-10)9-17-21(19(18)23(35)33-20)31-3-4-38(17,36)37/h1-2,5-9,20,31H,3-4H2,(H,32,34)(H,33,35). The van der Waals surface area contributed by atoms with E-state index in [-0.39, 0.29) is 56.3 Å². The molecule has 0 radical (unpaired) electrons. The van der Waals surface area contributed by atoms with Crippen LogP contribution in [-0.2, 0) is 16.0 Å². The molecule has 198 valence electrons. The van der Waals surface area contributed by atoms with Gasteiger partial charge in [-0.05, 0) is 42.5 Å². The van der Waals surface area contributed by atoms with Gasteiger partial charge in [0, 0.05) is 33.9 Å². The summed E-state index contributed by atoms with van der Waals surface area (Å²) in [7, 11) is -3.93. The summed E-state index contributed by atoms with van der Waals surface area (Å²) in [6, 6.07) is 4.47. The Kier molecular flexibility index (Phi) is 6.10. The maximum absolute atomic E-state index is 14.1. The van der Waals surface area contributed by atoms with Crippen LogP contribution in [0.2, 0.25) is 5.02 Å². The molecule has 2 aliphatic heterocycles. The number of carbonyl (C=O) groups excluding carboxylic acids is 2. The number of alkyl halides is 3. The maximum Gasteiger partial charge on any atom is 0.416 e. The van der Waals surface area contributed by atoms with Gasteiger partial charge >= 0.3 is 6.18 Å². The van der Waals surface area contributed by atoms with E-state index in [1.54, 1.807) is 0 Å². The summed E-state index contributed by atoms with van der Waals surface area (Å²) in [5.74, 6) is -4.31. The van der Waals surface area contributed by atoms with E-state index in [1.165, 1.54) is 6.07 Å². The molecule has 5 rings (SSSR count). The first-order valence-electron chi connectivity index (χ1n) is 10.9. The molecule has 0 spiro atoms. The Bertz CT molecular complexity index is 1640. The summed E-state index contributed by atoms with van der Waals surface area (Å²) in [6.07, 6.45) is -4.94. The fourth-order valence-corrected chi connectivity index (χ4v) is 6.08. The normalized spacial score (nSPS) is 17.7. The molecule has 0 bridgehead atoms. The first kappa shape index (κ1) is 25.9. The highest BCUT2D eigenvalue weighted by Crippen LogP contribution is 2.46. The molecule has 1 atom stereocenters. The van der Waals surface area contributed by atoms with Crippen LogP contribution in [0.25, 0.3) is 0 Å². The average molecular weight is 572 g/mol. The van der Waals surface area contributed by atoms with Crippen LogP contribution in [0, 0.1) is 11.6 Å². The van der Waals surface area contributed by atoms with Crippen molar-refractivity contribution in [3.05, 3.63) is 86.9 Å². The lowest BCUT2D eigenvalue weighted by Gasteiger charge is -2.24. The highest BCUT2D eigenvalue weighted by atomic mass is 35.5. The van der Waals surface area contributed by atoms with Crippen LogP contribution in [-0.4, -0.2) is 32.5 Å². The molecular weight excluding hydrogens is 557 g/mol. The van der Waals surface area contributed by atoms with Gasteiger partial charge in [0.1, 0.15) is 11.6 Å². The number of rotatable bonds is 3. The molecule has 2 aliphatic rings. The Labute approximate surface area is 216 Å². The zero-order valence-electron chi connectivity index (χ0n) is 18.8. The molecule has 0 aromatic heterocycles. The van der Waals surface area contributed by atoms with Crippen LogP contribution in [0.3, 0.4) is 0 Å². The number of amides is 2. The van der Waals surface area contributed by atoms with Crippen molar-refractivity contribution in [1.82, 2.24) is 5.32 Å². The molecule has 2 heterocycles. The molecule has 3 N–H and O–H groups in total. The van der Waals surface area contributed by atoms with Gasteiger partial charge in [0.2, 0.25) is 0 Å². The van der Waals surface area contributed by atoms with Crippen molar-refractivity contribution in [3.8, 4) is 0 Å². The maximum atomic E-state index is 14.1. The lowest BCUT2D eigenvalue weighted by molar-refractivity contribution is -0.137. The third-order valence-corrected chi connectivity index (χ3v) is 8.21. The number of halogens is 6. The van der Waals surface area contributed by atoms with Gasteiger partial charge in [-0.3, -0.25) is 9.59 Å². The molecular formula is C24H15ClF5N3O4S. The second kappa shape index (κ2) is 8.95. The fraction of sp³-hybridized carbons (Fsp3) is 0.167. The third-order valence-electron chi connectivity index (χ3n) is 6.13. The minimum atomic E-state index is -4.94. The molecule has 0 saturated heterocycles. The van der Waals surface area contributed by atoms with Crippen molar-refractivity contribution in [3.63, 3.8) is 0 Å². The summed E-state index contributed by atoms with van der Waals surface area (Å²) in [4.78, 5) is 25.8. The van der Waals surface area contributed by atoms with E-state index in [0.717, 1.165) is 18.2 Å². The minimum Gasteiger partial charge on any atom is -0.382 e. The van der Waals surface area contributed by atoms with Crippen molar-refractivity contribution in [2.45, 2.75) is 17.1 Å². The second-order valence-corrected chi connectivity index (χ2v) is 11.1. The first-order chi connectivity index (χ1) is 17.8. The summed E-state index contributed by atoms with van der Waals surface area (Å²) in [6.45, 7) is -0.0182. The van der Waals surface area contributed by atoms with Crippen LogP contribution < -0.4 is 16.0 Å². The highest BCUT2D eigenvalue weighted by molar-refractivity contribution is 7.91. The molecule has 0 fully saturated rings. The first-order valence-corrected chi connectivity index (χ1v) is 12.9. The number of benzene rings is 3. The highest BCUT2D eigenvalue weighted by Gasteiger charge is 2.41. The zero-order valence-corrected chi connectivity index (χ0v) is 20.4. The van der Waals surface area contributed by atoms with Crippen LogP contribution in [0.1, 0.15) is 43.4 Å². The molecule has 2 amide bonds. The molecule has 3 aromatic carbocycles.